The largest absolute Gasteiger partial charge is 0.368 e. The highest BCUT2D eigenvalue weighted by Crippen LogP contribution is 2.13. The predicted octanol–water partition coefficient (Wildman–Crippen LogP) is 1.97. The van der Waals surface area contributed by atoms with E-state index < -0.39 is 17.5 Å². The maximum Gasteiger partial charge on any atom is 0.254 e. The first-order chi connectivity index (χ1) is 11.4. The molecule has 0 aliphatic rings. The molecule has 2 aromatic rings. The highest BCUT2D eigenvalue weighted by atomic mass is 19.1. The van der Waals surface area contributed by atoms with E-state index in [4.69, 9.17) is 0 Å². The Morgan fingerprint density at radius 1 is 1.17 bits per heavy atom. The molecule has 24 heavy (non-hydrogen) atoms. The van der Waals surface area contributed by atoms with E-state index in [0.29, 0.717) is 24.3 Å². The lowest BCUT2D eigenvalue weighted by Crippen LogP contribution is -2.29. The van der Waals surface area contributed by atoms with Gasteiger partial charge in [0.25, 0.3) is 5.91 Å². The summed E-state index contributed by atoms with van der Waals surface area (Å²) in [6, 6.07) is 4.63. The molecule has 0 aliphatic heterocycles. The van der Waals surface area contributed by atoms with E-state index in [1.807, 2.05) is 19.0 Å². The molecule has 0 spiro atoms. The number of rotatable bonds is 6. The minimum Gasteiger partial charge on any atom is -0.368 e. The van der Waals surface area contributed by atoms with Gasteiger partial charge in [0.15, 0.2) is 0 Å². The molecule has 0 saturated carbocycles. The van der Waals surface area contributed by atoms with Crippen LogP contribution in [0.4, 0.5) is 20.4 Å². The lowest BCUT2D eigenvalue weighted by molar-refractivity contribution is 0.0951. The van der Waals surface area contributed by atoms with Gasteiger partial charge in [-0.05, 0) is 19.1 Å². The number of carbonyl (C=O) groups excluding carboxylic acids is 1. The summed E-state index contributed by atoms with van der Waals surface area (Å²) in [5, 5.41) is 5.63. The lowest BCUT2D eigenvalue weighted by atomic mass is 10.2. The van der Waals surface area contributed by atoms with Gasteiger partial charge in [0.1, 0.15) is 29.1 Å². The summed E-state index contributed by atoms with van der Waals surface area (Å²) in [6.45, 7) is 2.45. The molecule has 128 valence electrons. The van der Waals surface area contributed by atoms with E-state index >= 15 is 0 Å². The third-order valence-electron chi connectivity index (χ3n) is 3.18. The Kier molecular flexibility index (Phi) is 5.62. The van der Waals surface area contributed by atoms with E-state index in [0.717, 1.165) is 18.0 Å². The highest BCUT2D eigenvalue weighted by molar-refractivity contribution is 5.94. The first-order valence-corrected chi connectivity index (χ1v) is 7.37. The standard InChI is InChI=1S/C16H19F2N5O/c1-10-21-14(9-15(22-10)23(2)3)19-6-7-20-16(24)12-5-4-11(17)8-13(12)18/h4-5,8-9H,6-7H2,1-3H3,(H,20,24)(H,19,21,22). The van der Waals surface area contributed by atoms with Gasteiger partial charge >= 0.3 is 0 Å². The van der Waals surface area contributed by atoms with Crippen LogP contribution in [0.1, 0.15) is 16.2 Å². The summed E-state index contributed by atoms with van der Waals surface area (Å²) < 4.78 is 26.3. The van der Waals surface area contributed by atoms with Crippen molar-refractivity contribution in [1.82, 2.24) is 15.3 Å². The molecule has 2 N–H and O–H groups in total. The summed E-state index contributed by atoms with van der Waals surface area (Å²) in [5.41, 5.74) is -0.191. The van der Waals surface area contributed by atoms with E-state index in [1.54, 1.807) is 13.0 Å². The van der Waals surface area contributed by atoms with E-state index in [2.05, 4.69) is 20.6 Å². The first-order valence-electron chi connectivity index (χ1n) is 7.37. The topological polar surface area (TPSA) is 70.2 Å². The third-order valence-corrected chi connectivity index (χ3v) is 3.18. The molecule has 8 heteroatoms. The highest BCUT2D eigenvalue weighted by Gasteiger charge is 2.11. The molecule has 2 rings (SSSR count). The Morgan fingerprint density at radius 3 is 2.58 bits per heavy atom. The fourth-order valence-electron chi connectivity index (χ4n) is 2.01. The van der Waals surface area contributed by atoms with Crippen LogP contribution in [-0.2, 0) is 0 Å². The number of nitrogens with one attached hydrogen (secondary N) is 2. The first kappa shape index (κ1) is 17.6. The van der Waals surface area contributed by atoms with Crippen LogP contribution < -0.4 is 15.5 Å². The van der Waals surface area contributed by atoms with Gasteiger partial charge in [-0.25, -0.2) is 18.7 Å². The Morgan fingerprint density at radius 2 is 1.92 bits per heavy atom. The van der Waals surface area contributed by atoms with Crippen LogP contribution in [0.5, 0.6) is 0 Å². The van der Waals surface area contributed by atoms with Crippen molar-refractivity contribution in [3.63, 3.8) is 0 Å². The van der Waals surface area contributed by atoms with E-state index in [9.17, 15) is 13.6 Å². The molecule has 0 unspecified atom stereocenters. The molecular weight excluding hydrogens is 316 g/mol. The molecule has 0 bridgehead atoms. The van der Waals surface area contributed by atoms with Crippen LogP contribution in [0.25, 0.3) is 0 Å². The second kappa shape index (κ2) is 7.67. The van der Waals surface area contributed by atoms with Crippen LogP contribution in [0, 0.1) is 18.6 Å². The number of benzene rings is 1. The second-order valence-electron chi connectivity index (χ2n) is 5.36. The third kappa shape index (κ3) is 4.61. The summed E-state index contributed by atoms with van der Waals surface area (Å²) in [5.74, 6) is -0.178. The van der Waals surface area contributed by atoms with Crippen LogP contribution in [0.3, 0.4) is 0 Å². The smallest absolute Gasteiger partial charge is 0.254 e. The molecule has 1 heterocycles. The zero-order chi connectivity index (χ0) is 17.7. The van der Waals surface area contributed by atoms with Gasteiger partial charge in [0, 0.05) is 39.3 Å². The van der Waals surface area contributed by atoms with Crippen LogP contribution >= 0.6 is 0 Å². The van der Waals surface area contributed by atoms with Gasteiger partial charge in [-0.2, -0.15) is 0 Å². The Hall–Kier alpha value is -2.77. The van der Waals surface area contributed by atoms with Gasteiger partial charge in [-0.1, -0.05) is 0 Å². The maximum absolute atomic E-state index is 13.5. The quantitative estimate of drug-likeness (QED) is 0.790. The normalized spacial score (nSPS) is 10.4. The zero-order valence-electron chi connectivity index (χ0n) is 13.7. The number of carbonyl (C=O) groups is 1. The molecule has 0 radical (unpaired) electrons. The SMILES string of the molecule is Cc1nc(NCCNC(=O)c2ccc(F)cc2F)cc(N(C)C)n1. The average Bonchev–Trinajstić information content (AvgIpc) is 2.50. The molecule has 1 aromatic carbocycles. The van der Waals surface area contributed by atoms with Crippen molar-refractivity contribution in [2.75, 3.05) is 37.4 Å². The van der Waals surface area contributed by atoms with Crippen molar-refractivity contribution < 1.29 is 13.6 Å². The fourth-order valence-corrected chi connectivity index (χ4v) is 2.01. The Labute approximate surface area is 138 Å². The summed E-state index contributed by atoms with van der Waals surface area (Å²) in [7, 11) is 3.76. The molecule has 1 aromatic heterocycles. The van der Waals surface area contributed by atoms with Crippen molar-refractivity contribution in [3.05, 3.63) is 47.3 Å². The average molecular weight is 335 g/mol. The summed E-state index contributed by atoms with van der Waals surface area (Å²) in [6.07, 6.45) is 0. The summed E-state index contributed by atoms with van der Waals surface area (Å²) in [4.78, 5) is 22.2. The number of hydrogen-bond donors (Lipinski definition) is 2. The lowest BCUT2D eigenvalue weighted by Gasteiger charge is -2.14. The van der Waals surface area contributed by atoms with Gasteiger partial charge < -0.3 is 15.5 Å². The van der Waals surface area contributed by atoms with Crippen LogP contribution in [0.2, 0.25) is 0 Å². The van der Waals surface area contributed by atoms with Crippen LogP contribution in [0.15, 0.2) is 24.3 Å². The van der Waals surface area contributed by atoms with Gasteiger partial charge in [0.2, 0.25) is 0 Å². The minimum atomic E-state index is -0.887. The van der Waals surface area contributed by atoms with Gasteiger partial charge in [0.05, 0.1) is 5.56 Å². The molecule has 1 amide bonds. The predicted molar refractivity (Wildman–Crippen MR) is 88.3 cm³/mol. The molecule has 0 aliphatic carbocycles. The Bertz CT molecular complexity index is 736. The second-order valence-corrected chi connectivity index (χ2v) is 5.36. The molecular formula is C16H19F2N5O. The number of hydrogen-bond acceptors (Lipinski definition) is 5. The number of anilines is 2. The number of halogens is 2. The zero-order valence-corrected chi connectivity index (χ0v) is 13.7. The van der Waals surface area contributed by atoms with Crippen molar-refractivity contribution in [3.8, 4) is 0 Å². The Balaban J connectivity index is 1.88. The minimum absolute atomic E-state index is 0.191. The fraction of sp³-hybridized carbons (Fsp3) is 0.312. The maximum atomic E-state index is 13.5. The van der Waals surface area contributed by atoms with Gasteiger partial charge in [-0.3, -0.25) is 4.79 Å². The molecule has 0 saturated heterocycles. The molecule has 6 nitrogen and oxygen atoms in total. The van der Waals surface area contributed by atoms with E-state index in [-0.39, 0.29) is 12.1 Å². The number of aromatic nitrogens is 2. The van der Waals surface area contributed by atoms with Gasteiger partial charge in [-0.15, -0.1) is 0 Å². The number of nitrogens with zero attached hydrogens (tertiary/aromatic N) is 3. The van der Waals surface area contributed by atoms with Crippen molar-refractivity contribution in [2.24, 2.45) is 0 Å². The molecule has 0 atom stereocenters. The van der Waals surface area contributed by atoms with Crippen molar-refractivity contribution in [2.45, 2.75) is 6.92 Å². The monoisotopic (exact) mass is 335 g/mol. The molecule has 0 fully saturated rings. The number of aryl methyl sites for hydroxylation is 1. The van der Waals surface area contributed by atoms with Crippen LogP contribution in [-0.4, -0.2) is 43.1 Å². The number of amides is 1. The van der Waals surface area contributed by atoms with Crippen molar-refractivity contribution >= 4 is 17.5 Å². The summed E-state index contributed by atoms with van der Waals surface area (Å²) >= 11 is 0. The van der Waals surface area contributed by atoms with Crippen molar-refractivity contribution in [1.29, 1.82) is 0 Å². The van der Waals surface area contributed by atoms with E-state index in [1.165, 1.54) is 0 Å².